The molecule has 1 aliphatic carbocycles. The van der Waals surface area contributed by atoms with E-state index in [-0.39, 0.29) is 11.9 Å². The molecule has 1 aromatic rings. The highest BCUT2D eigenvalue weighted by Gasteiger charge is 2.42. The van der Waals surface area contributed by atoms with Crippen LogP contribution in [0.4, 0.5) is 5.69 Å². The smallest absolute Gasteiger partial charge is 0.241 e. The third kappa shape index (κ3) is 2.56. The van der Waals surface area contributed by atoms with Gasteiger partial charge in [-0.25, -0.2) is 0 Å². The van der Waals surface area contributed by atoms with Crippen LogP contribution in [0.25, 0.3) is 0 Å². The maximum Gasteiger partial charge on any atom is 0.241 e. The monoisotopic (exact) mass is 338 g/mol. The molecule has 20 heavy (non-hydrogen) atoms. The molecule has 5 heteroatoms. The maximum atomic E-state index is 12.4. The van der Waals surface area contributed by atoms with Crippen molar-refractivity contribution in [2.75, 3.05) is 19.0 Å². The summed E-state index contributed by atoms with van der Waals surface area (Å²) in [7, 11) is 1.62. The number of methoxy groups -OCH3 is 1. The minimum absolute atomic E-state index is 0.0443. The quantitative estimate of drug-likeness (QED) is 0.890. The molecule has 1 saturated heterocycles. The number of hydrogen-bond donors (Lipinski definition) is 2. The average Bonchev–Trinajstić information content (AvgIpc) is 3.03. The Bertz CT molecular complexity index is 521. The Kier molecular flexibility index (Phi) is 3.98. The van der Waals surface area contributed by atoms with Crippen molar-refractivity contribution >= 4 is 27.5 Å². The second kappa shape index (κ2) is 5.74. The van der Waals surface area contributed by atoms with Crippen molar-refractivity contribution < 1.29 is 9.53 Å². The third-order valence-corrected chi connectivity index (χ3v) is 5.10. The number of nitrogens with one attached hydrogen (secondary N) is 2. The Morgan fingerprint density at radius 1 is 1.45 bits per heavy atom. The van der Waals surface area contributed by atoms with Crippen LogP contribution in [0.2, 0.25) is 0 Å². The van der Waals surface area contributed by atoms with Gasteiger partial charge in [0.1, 0.15) is 5.75 Å². The fourth-order valence-electron chi connectivity index (χ4n) is 3.43. The average molecular weight is 339 g/mol. The molecule has 1 aliphatic heterocycles. The number of hydrogen-bond acceptors (Lipinski definition) is 3. The van der Waals surface area contributed by atoms with Crippen molar-refractivity contribution in [2.45, 2.75) is 25.3 Å². The summed E-state index contributed by atoms with van der Waals surface area (Å²) in [6, 6.07) is 5.56. The Labute approximate surface area is 127 Å². The van der Waals surface area contributed by atoms with Gasteiger partial charge in [-0.2, -0.15) is 0 Å². The lowest BCUT2D eigenvalue weighted by molar-refractivity contribution is -0.118. The van der Waals surface area contributed by atoms with E-state index in [1.807, 2.05) is 18.2 Å². The molecule has 4 nitrogen and oxygen atoms in total. The van der Waals surface area contributed by atoms with Crippen molar-refractivity contribution in [1.82, 2.24) is 5.32 Å². The molecule has 3 atom stereocenters. The number of rotatable bonds is 3. The first-order valence-electron chi connectivity index (χ1n) is 7.07. The second-order valence-electron chi connectivity index (χ2n) is 5.58. The van der Waals surface area contributed by atoms with Gasteiger partial charge < -0.3 is 15.4 Å². The maximum absolute atomic E-state index is 12.4. The topological polar surface area (TPSA) is 50.4 Å². The highest BCUT2D eigenvalue weighted by atomic mass is 79.9. The van der Waals surface area contributed by atoms with Crippen LogP contribution in [0.1, 0.15) is 19.3 Å². The highest BCUT2D eigenvalue weighted by Crippen LogP contribution is 2.38. The Morgan fingerprint density at radius 3 is 3.10 bits per heavy atom. The van der Waals surface area contributed by atoms with E-state index in [2.05, 4.69) is 26.6 Å². The highest BCUT2D eigenvalue weighted by molar-refractivity contribution is 9.10. The Morgan fingerprint density at radius 2 is 2.30 bits per heavy atom. The zero-order chi connectivity index (χ0) is 14.1. The van der Waals surface area contributed by atoms with Crippen LogP contribution in [0.5, 0.6) is 5.75 Å². The van der Waals surface area contributed by atoms with Crippen molar-refractivity contribution in [3.63, 3.8) is 0 Å². The SMILES string of the molecule is COc1cc(NC(=O)C2NCC3CCCC32)ccc1Br. The zero-order valence-electron chi connectivity index (χ0n) is 11.5. The van der Waals surface area contributed by atoms with Crippen molar-refractivity contribution in [3.8, 4) is 5.75 Å². The normalized spacial score (nSPS) is 28.2. The minimum atomic E-state index is -0.0443. The number of ether oxygens (including phenoxy) is 1. The summed E-state index contributed by atoms with van der Waals surface area (Å²) in [6.45, 7) is 0.979. The van der Waals surface area contributed by atoms with Gasteiger partial charge in [-0.3, -0.25) is 4.79 Å². The number of benzene rings is 1. The Balaban J connectivity index is 1.70. The van der Waals surface area contributed by atoms with Gasteiger partial charge >= 0.3 is 0 Å². The van der Waals surface area contributed by atoms with Crippen LogP contribution in [-0.2, 0) is 4.79 Å². The molecule has 108 valence electrons. The number of amides is 1. The molecule has 0 aromatic heterocycles. The van der Waals surface area contributed by atoms with Crippen LogP contribution in [0, 0.1) is 11.8 Å². The summed E-state index contributed by atoms with van der Waals surface area (Å²) in [4.78, 5) is 12.4. The number of carbonyl (C=O) groups is 1. The van der Waals surface area contributed by atoms with Gasteiger partial charge in [-0.15, -0.1) is 0 Å². The summed E-state index contributed by atoms with van der Waals surface area (Å²) in [5.74, 6) is 1.99. The van der Waals surface area contributed by atoms with Crippen LogP contribution in [0.3, 0.4) is 0 Å². The van der Waals surface area contributed by atoms with E-state index in [0.29, 0.717) is 11.8 Å². The van der Waals surface area contributed by atoms with E-state index < -0.39 is 0 Å². The molecule has 1 heterocycles. The van der Waals surface area contributed by atoms with E-state index in [9.17, 15) is 4.79 Å². The fourth-order valence-corrected chi connectivity index (χ4v) is 3.84. The van der Waals surface area contributed by atoms with Crippen LogP contribution >= 0.6 is 15.9 Å². The molecule has 2 fully saturated rings. The molecule has 0 bridgehead atoms. The number of halogens is 1. The van der Waals surface area contributed by atoms with E-state index in [1.54, 1.807) is 7.11 Å². The number of fused-ring (bicyclic) bond motifs is 1. The Hall–Kier alpha value is -1.07. The summed E-state index contributed by atoms with van der Waals surface area (Å²) in [6.07, 6.45) is 3.68. The van der Waals surface area contributed by atoms with Crippen LogP contribution in [-0.4, -0.2) is 25.6 Å². The predicted molar refractivity (Wildman–Crippen MR) is 81.9 cm³/mol. The molecule has 2 aliphatic rings. The van der Waals surface area contributed by atoms with E-state index in [1.165, 1.54) is 19.3 Å². The molecule has 1 aromatic carbocycles. The van der Waals surface area contributed by atoms with Gasteiger partial charge in [-0.1, -0.05) is 6.42 Å². The van der Waals surface area contributed by atoms with Crippen LogP contribution < -0.4 is 15.4 Å². The standard InChI is InChI=1S/C15H19BrN2O2/c1-20-13-7-10(5-6-12(13)16)18-15(19)14-11-4-2-3-9(11)8-17-14/h5-7,9,11,14,17H,2-4,8H2,1H3,(H,18,19). The lowest BCUT2D eigenvalue weighted by Crippen LogP contribution is -2.39. The third-order valence-electron chi connectivity index (χ3n) is 4.45. The largest absolute Gasteiger partial charge is 0.495 e. The summed E-state index contributed by atoms with van der Waals surface area (Å²) < 4.78 is 6.13. The van der Waals surface area contributed by atoms with Gasteiger partial charge in [0.15, 0.2) is 0 Å². The molecular weight excluding hydrogens is 320 g/mol. The first-order valence-corrected chi connectivity index (χ1v) is 7.86. The van der Waals surface area contributed by atoms with Gasteiger partial charge in [-0.05, 0) is 59.3 Å². The van der Waals surface area contributed by atoms with Crippen molar-refractivity contribution in [1.29, 1.82) is 0 Å². The summed E-state index contributed by atoms with van der Waals surface area (Å²) >= 11 is 3.41. The van der Waals surface area contributed by atoms with Gasteiger partial charge in [0.2, 0.25) is 5.91 Å². The lowest BCUT2D eigenvalue weighted by atomic mass is 9.93. The van der Waals surface area contributed by atoms with E-state index >= 15 is 0 Å². The van der Waals surface area contributed by atoms with E-state index in [4.69, 9.17) is 4.74 Å². The van der Waals surface area contributed by atoms with Gasteiger partial charge in [0.25, 0.3) is 0 Å². The minimum Gasteiger partial charge on any atom is -0.495 e. The molecule has 3 unspecified atom stereocenters. The summed E-state index contributed by atoms with van der Waals surface area (Å²) in [5.41, 5.74) is 0.776. The van der Waals surface area contributed by atoms with E-state index in [0.717, 1.165) is 22.5 Å². The lowest BCUT2D eigenvalue weighted by Gasteiger charge is -2.18. The second-order valence-corrected chi connectivity index (χ2v) is 6.43. The van der Waals surface area contributed by atoms with Crippen molar-refractivity contribution in [3.05, 3.63) is 22.7 Å². The zero-order valence-corrected chi connectivity index (χ0v) is 13.1. The first-order chi connectivity index (χ1) is 9.69. The first kappa shape index (κ1) is 13.9. The fraction of sp³-hybridized carbons (Fsp3) is 0.533. The van der Waals surface area contributed by atoms with Crippen molar-refractivity contribution in [2.24, 2.45) is 11.8 Å². The molecule has 1 amide bonds. The predicted octanol–water partition coefficient (Wildman–Crippen LogP) is 2.78. The molecular formula is C15H19BrN2O2. The van der Waals surface area contributed by atoms with Gasteiger partial charge in [0.05, 0.1) is 17.6 Å². The molecule has 1 saturated carbocycles. The van der Waals surface area contributed by atoms with Crippen LogP contribution in [0.15, 0.2) is 22.7 Å². The van der Waals surface area contributed by atoms with Gasteiger partial charge in [0, 0.05) is 11.8 Å². The number of carbonyl (C=O) groups excluding carboxylic acids is 1. The molecule has 0 radical (unpaired) electrons. The summed E-state index contributed by atoms with van der Waals surface area (Å²) in [5, 5.41) is 6.36. The molecule has 2 N–H and O–H groups in total. The molecule has 3 rings (SSSR count). The molecule has 0 spiro atoms. The number of anilines is 1.